The summed E-state index contributed by atoms with van der Waals surface area (Å²) in [6.45, 7) is 6.13. The van der Waals surface area contributed by atoms with Crippen molar-refractivity contribution in [2.75, 3.05) is 29.0 Å². The standard InChI is InChI=1S/C21H26N4O3/c1-4-19(26)25-18-12-16(10-9-14(18)3)23-13-20(27)24-17-8-6-7-15(11-17)21(28)22-5-2/h6-12,23H,4-5,13H2,1-3H3,(H,22,28)(H,24,27)(H,25,26). The Labute approximate surface area is 164 Å². The first-order chi connectivity index (χ1) is 13.4. The summed E-state index contributed by atoms with van der Waals surface area (Å²) in [5.41, 5.74) is 3.42. The van der Waals surface area contributed by atoms with Gasteiger partial charge in [0, 0.05) is 35.6 Å². The van der Waals surface area contributed by atoms with Crippen LogP contribution in [-0.2, 0) is 9.59 Å². The van der Waals surface area contributed by atoms with Gasteiger partial charge in [0.2, 0.25) is 11.8 Å². The first-order valence-corrected chi connectivity index (χ1v) is 9.25. The van der Waals surface area contributed by atoms with Crippen LogP contribution in [0.1, 0.15) is 36.2 Å². The molecule has 0 unspecified atom stereocenters. The average molecular weight is 382 g/mol. The molecule has 0 aromatic heterocycles. The number of rotatable bonds is 8. The van der Waals surface area contributed by atoms with Gasteiger partial charge in [-0.15, -0.1) is 0 Å². The molecule has 0 aliphatic heterocycles. The molecule has 148 valence electrons. The van der Waals surface area contributed by atoms with Crippen LogP contribution < -0.4 is 21.3 Å². The number of amides is 3. The SMILES string of the molecule is CCNC(=O)c1cccc(NC(=O)CNc2ccc(C)c(NC(=O)CC)c2)c1. The quantitative estimate of drug-likeness (QED) is 0.564. The number of nitrogens with one attached hydrogen (secondary N) is 4. The highest BCUT2D eigenvalue weighted by Crippen LogP contribution is 2.20. The Balaban J connectivity index is 1.96. The second kappa shape index (κ2) is 10.1. The van der Waals surface area contributed by atoms with Gasteiger partial charge >= 0.3 is 0 Å². The zero-order valence-electron chi connectivity index (χ0n) is 16.4. The molecule has 0 atom stereocenters. The van der Waals surface area contributed by atoms with Gasteiger partial charge in [-0.1, -0.05) is 19.1 Å². The van der Waals surface area contributed by atoms with Crippen LogP contribution in [0, 0.1) is 6.92 Å². The third-order valence-electron chi connectivity index (χ3n) is 4.03. The minimum Gasteiger partial charge on any atom is -0.376 e. The predicted molar refractivity (Wildman–Crippen MR) is 112 cm³/mol. The number of anilines is 3. The number of carbonyl (C=O) groups is 3. The largest absolute Gasteiger partial charge is 0.376 e. The predicted octanol–water partition coefficient (Wildman–Crippen LogP) is 3.14. The summed E-state index contributed by atoms with van der Waals surface area (Å²) in [5.74, 6) is -0.490. The van der Waals surface area contributed by atoms with Gasteiger partial charge in [-0.25, -0.2) is 0 Å². The van der Waals surface area contributed by atoms with Gasteiger partial charge in [-0.05, 0) is 49.7 Å². The molecule has 3 amide bonds. The maximum atomic E-state index is 12.2. The van der Waals surface area contributed by atoms with E-state index in [0.717, 1.165) is 11.3 Å². The molecule has 2 rings (SSSR count). The van der Waals surface area contributed by atoms with E-state index in [1.807, 2.05) is 26.0 Å². The van der Waals surface area contributed by atoms with E-state index in [4.69, 9.17) is 0 Å². The number of benzene rings is 2. The van der Waals surface area contributed by atoms with Crippen LogP contribution in [0.15, 0.2) is 42.5 Å². The van der Waals surface area contributed by atoms with Crippen LogP contribution in [0.25, 0.3) is 0 Å². The van der Waals surface area contributed by atoms with E-state index in [1.54, 1.807) is 37.3 Å². The Kier molecular flexibility index (Phi) is 7.56. The molecule has 0 heterocycles. The normalized spacial score (nSPS) is 10.1. The van der Waals surface area contributed by atoms with Crippen LogP contribution in [0.2, 0.25) is 0 Å². The van der Waals surface area contributed by atoms with Crippen molar-refractivity contribution in [1.82, 2.24) is 5.32 Å². The smallest absolute Gasteiger partial charge is 0.251 e. The molecular formula is C21H26N4O3. The lowest BCUT2D eigenvalue weighted by atomic mass is 10.1. The Morgan fingerprint density at radius 1 is 0.893 bits per heavy atom. The summed E-state index contributed by atoms with van der Waals surface area (Å²) < 4.78 is 0. The summed E-state index contributed by atoms with van der Waals surface area (Å²) in [4.78, 5) is 35.7. The van der Waals surface area contributed by atoms with Crippen molar-refractivity contribution in [3.8, 4) is 0 Å². The first kappa shape index (κ1) is 21.0. The van der Waals surface area contributed by atoms with E-state index in [-0.39, 0.29) is 24.3 Å². The van der Waals surface area contributed by atoms with E-state index in [1.165, 1.54) is 0 Å². The highest BCUT2D eigenvalue weighted by atomic mass is 16.2. The van der Waals surface area contributed by atoms with Gasteiger partial charge in [0.15, 0.2) is 0 Å². The van der Waals surface area contributed by atoms with Crippen LogP contribution in [0.5, 0.6) is 0 Å². The molecule has 0 aliphatic rings. The molecule has 28 heavy (non-hydrogen) atoms. The fraction of sp³-hybridized carbons (Fsp3) is 0.286. The van der Waals surface area contributed by atoms with Gasteiger partial charge in [0.1, 0.15) is 0 Å². The molecule has 0 spiro atoms. The minimum atomic E-state index is -0.243. The fourth-order valence-corrected chi connectivity index (χ4v) is 2.49. The lowest BCUT2D eigenvalue weighted by molar-refractivity contribution is -0.116. The van der Waals surface area contributed by atoms with Crippen molar-refractivity contribution >= 4 is 34.8 Å². The van der Waals surface area contributed by atoms with Crippen LogP contribution >= 0.6 is 0 Å². The summed E-state index contributed by atoms with van der Waals surface area (Å²) in [6.07, 6.45) is 0.398. The van der Waals surface area contributed by atoms with Gasteiger partial charge in [-0.2, -0.15) is 0 Å². The van der Waals surface area contributed by atoms with Crippen LogP contribution in [0.3, 0.4) is 0 Å². The monoisotopic (exact) mass is 382 g/mol. The highest BCUT2D eigenvalue weighted by molar-refractivity contribution is 5.98. The Morgan fingerprint density at radius 2 is 1.68 bits per heavy atom. The van der Waals surface area contributed by atoms with E-state index in [9.17, 15) is 14.4 Å². The zero-order valence-corrected chi connectivity index (χ0v) is 16.4. The maximum absolute atomic E-state index is 12.2. The molecule has 2 aromatic rings. The molecule has 4 N–H and O–H groups in total. The second-order valence-electron chi connectivity index (χ2n) is 6.27. The van der Waals surface area contributed by atoms with E-state index in [2.05, 4.69) is 21.3 Å². The molecule has 0 aliphatic carbocycles. The van der Waals surface area contributed by atoms with Crippen molar-refractivity contribution in [3.63, 3.8) is 0 Å². The number of hydrogen-bond donors (Lipinski definition) is 4. The minimum absolute atomic E-state index is 0.0512. The molecule has 7 heteroatoms. The maximum Gasteiger partial charge on any atom is 0.251 e. The third-order valence-corrected chi connectivity index (χ3v) is 4.03. The average Bonchev–Trinajstić information content (AvgIpc) is 2.68. The molecule has 2 aromatic carbocycles. The number of aryl methyl sites for hydroxylation is 1. The zero-order chi connectivity index (χ0) is 20.5. The van der Waals surface area contributed by atoms with Crippen molar-refractivity contribution in [1.29, 1.82) is 0 Å². The first-order valence-electron chi connectivity index (χ1n) is 9.25. The molecule has 0 saturated carbocycles. The van der Waals surface area contributed by atoms with E-state index < -0.39 is 0 Å². The van der Waals surface area contributed by atoms with Crippen molar-refractivity contribution in [3.05, 3.63) is 53.6 Å². The molecule has 7 nitrogen and oxygen atoms in total. The van der Waals surface area contributed by atoms with Gasteiger partial charge in [-0.3, -0.25) is 14.4 Å². The van der Waals surface area contributed by atoms with Crippen LogP contribution in [-0.4, -0.2) is 30.8 Å². The van der Waals surface area contributed by atoms with Gasteiger partial charge in [0.05, 0.1) is 6.54 Å². The van der Waals surface area contributed by atoms with Gasteiger partial charge < -0.3 is 21.3 Å². The summed E-state index contributed by atoms with van der Waals surface area (Å²) in [5, 5.41) is 11.4. The summed E-state index contributed by atoms with van der Waals surface area (Å²) >= 11 is 0. The second-order valence-corrected chi connectivity index (χ2v) is 6.27. The Bertz CT molecular complexity index is 864. The number of hydrogen-bond acceptors (Lipinski definition) is 4. The van der Waals surface area contributed by atoms with E-state index >= 15 is 0 Å². The van der Waals surface area contributed by atoms with Crippen molar-refractivity contribution in [2.45, 2.75) is 27.2 Å². The third kappa shape index (κ3) is 6.12. The molecule has 0 saturated heterocycles. The molecule has 0 bridgehead atoms. The lowest BCUT2D eigenvalue weighted by Crippen LogP contribution is -2.24. The Hall–Kier alpha value is -3.35. The van der Waals surface area contributed by atoms with Gasteiger partial charge in [0.25, 0.3) is 5.91 Å². The Morgan fingerprint density at radius 3 is 2.39 bits per heavy atom. The lowest BCUT2D eigenvalue weighted by Gasteiger charge is -2.12. The molecule has 0 radical (unpaired) electrons. The topological polar surface area (TPSA) is 99.3 Å². The van der Waals surface area contributed by atoms with Crippen LogP contribution in [0.4, 0.5) is 17.1 Å². The van der Waals surface area contributed by atoms with Crippen molar-refractivity contribution in [2.24, 2.45) is 0 Å². The molecule has 0 fully saturated rings. The fourth-order valence-electron chi connectivity index (χ4n) is 2.49. The highest BCUT2D eigenvalue weighted by Gasteiger charge is 2.08. The molecular weight excluding hydrogens is 356 g/mol. The van der Waals surface area contributed by atoms with E-state index in [0.29, 0.717) is 29.9 Å². The van der Waals surface area contributed by atoms with Crippen molar-refractivity contribution < 1.29 is 14.4 Å². The summed E-state index contributed by atoms with van der Waals surface area (Å²) in [7, 11) is 0. The number of carbonyl (C=O) groups excluding carboxylic acids is 3. The summed E-state index contributed by atoms with van der Waals surface area (Å²) in [6, 6.07) is 12.3.